The zero-order valence-electron chi connectivity index (χ0n) is 9.69. The number of anilines is 1. The van der Waals surface area contributed by atoms with E-state index in [0.29, 0.717) is 5.92 Å². The van der Waals surface area contributed by atoms with Gasteiger partial charge < -0.3 is 5.32 Å². The number of nitrogens with one attached hydrogen (secondary N) is 1. The average molecular weight is 248 g/mol. The highest BCUT2D eigenvalue weighted by atomic mass is 32.1. The average Bonchev–Trinajstić information content (AvgIpc) is 3.12. The van der Waals surface area contributed by atoms with Crippen molar-refractivity contribution in [1.82, 2.24) is 4.98 Å². The van der Waals surface area contributed by atoms with Gasteiger partial charge in [-0.2, -0.15) is 0 Å². The number of thiazole rings is 1. The standard InChI is InChI=1S/C13H16N2OS/c16-12(10-4-2-1-3-5-10)15-13-14-11(8-17-13)9-6-7-9/h1-2,8-10H,3-7H2,(H,14,15,16). The van der Waals surface area contributed by atoms with Crippen molar-refractivity contribution in [2.45, 2.75) is 38.0 Å². The lowest BCUT2D eigenvalue weighted by Gasteiger charge is -2.15. The van der Waals surface area contributed by atoms with Crippen LogP contribution in [0.3, 0.4) is 0 Å². The van der Waals surface area contributed by atoms with E-state index in [0.717, 1.165) is 30.1 Å². The molecule has 2 aliphatic carbocycles. The molecule has 0 spiro atoms. The fourth-order valence-corrected chi connectivity index (χ4v) is 2.94. The van der Waals surface area contributed by atoms with E-state index in [-0.39, 0.29) is 11.8 Å². The molecule has 0 bridgehead atoms. The highest BCUT2D eigenvalue weighted by Gasteiger charge is 2.26. The smallest absolute Gasteiger partial charge is 0.229 e. The third-order valence-corrected chi connectivity index (χ3v) is 4.16. The Morgan fingerprint density at radius 3 is 2.94 bits per heavy atom. The van der Waals surface area contributed by atoms with Crippen molar-refractivity contribution in [1.29, 1.82) is 0 Å². The minimum atomic E-state index is 0.131. The maximum atomic E-state index is 12.0. The van der Waals surface area contributed by atoms with Gasteiger partial charge in [0.1, 0.15) is 0 Å². The van der Waals surface area contributed by atoms with Gasteiger partial charge in [-0.3, -0.25) is 4.79 Å². The number of carbonyl (C=O) groups excluding carboxylic acids is 1. The summed E-state index contributed by atoms with van der Waals surface area (Å²) < 4.78 is 0. The summed E-state index contributed by atoms with van der Waals surface area (Å²) in [6.45, 7) is 0. The largest absolute Gasteiger partial charge is 0.302 e. The summed E-state index contributed by atoms with van der Waals surface area (Å²) in [4.78, 5) is 16.5. The number of carbonyl (C=O) groups is 1. The number of aromatic nitrogens is 1. The molecule has 1 amide bonds. The first-order chi connectivity index (χ1) is 8.33. The third-order valence-electron chi connectivity index (χ3n) is 3.39. The first-order valence-corrected chi connectivity index (χ1v) is 7.12. The molecule has 90 valence electrons. The van der Waals surface area contributed by atoms with Crippen LogP contribution in [-0.4, -0.2) is 10.9 Å². The fourth-order valence-electron chi connectivity index (χ4n) is 2.15. The zero-order valence-corrected chi connectivity index (χ0v) is 10.5. The molecule has 4 heteroatoms. The van der Waals surface area contributed by atoms with Gasteiger partial charge in [0.05, 0.1) is 5.69 Å². The Morgan fingerprint density at radius 1 is 1.35 bits per heavy atom. The molecule has 1 heterocycles. The molecular weight excluding hydrogens is 232 g/mol. The minimum Gasteiger partial charge on any atom is -0.302 e. The van der Waals surface area contributed by atoms with Gasteiger partial charge >= 0.3 is 0 Å². The van der Waals surface area contributed by atoms with E-state index in [9.17, 15) is 4.79 Å². The molecule has 0 aromatic carbocycles. The first-order valence-electron chi connectivity index (χ1n) is 6.24. The molecule has 17 heavy (non-hydrogen) atoms. The Hall–Kier alpha value is -1.16. The van der Waals surface area contributed by atoms with E-state index >= 15 is 0 Å². The number of nitrogens with zero attached hydrogens (tertiary/aromatic N) is 1. The van der Waals surface area contributed by atoms with Gasteiger partial charge in [-0.25, -0.2) is 4.98 Å². The monoisotopic (exact) mass is 248 g/mol. The molecule has 1 N–H and O–H groups in total. The highest BCUT2D eigenvalue weighted by molar-refractivity contribution is 7.13. The lowest BCUT2D eigenvalue weighted by Crippen LogP contribution is -2.23. The molecule has 1 aromatic rings. The summed E-state index contributed by atoms with van der Waals surface area (Å²) in [5.41, 5.74) is 1.16. The van der Waals surface area contributed by atoms with Gasteiger partial charge in [-0.05, 0) is 32.1 Å². The summed E-state index contributed by atoms with van der Waals surface area (Å²) in [6.07, 6.45) is 9.61. The SMILES string of the molecule is O=C(Nc1nc(C2CC2)cs1)C1CC=CCC1. The Morgan fingerprint density at radius 2 is 2.24 bits per heavy atom. The van der Waals surface area contributed by atoms with Crippen molar-refractivity contribution in [2.75, 3.05) is 5.32 Å². The number of allylic oxidation sites excluding steroid dienone is 2. The molecule has 1 fully saturated rings. The maximum Gasteiger partial charge on any atom is 0.229 e. The predicted octanol–water partition coefficient (Wildman–Crippen LogP) is 3.32. The molecule has 1 aromatic heterocycles. The normalized spacial score (nSPS) is 23.6. The number of hydrogen-bond acceptors (Lipinski definition) is 3. The molecule has 1 atom stereocenters. The van der Waals surface area contributed by atoms with Crippen molar-refractivity contribution < 1.29 is 4.79 Å². The van der Waals surface area contributed by atoms with E-state index in [1.807, 2.05) is 0 Å². The second-order valence-corrected chi connectivity index (χ2v) is 5.68. The van der Waals surface area contributed by atoms with Crippen LogP contribution < -0.4 is 5.32 Å². The second-order valence-electron chi connectivity index (χ2n) is 4.82. The Bertz CT molecular complexity index is 448. The predicted molar refractivity (Wildman–Crippen MR) is 69.2 cm³/mol. The lowest BCUT2D eigenvalue weighted by molar-refractivity contribution is -0.120. The van der Waals surface area contributed by atoms with E-state index in [2.05, 4.69) is 27.8 Å². The van der Waals surface area contributed by atoms with E-state index in [1.54, 1.807) is 11.3 Å². The molecular formula is C13H16N2OS. The van der Waals surface area contributed by atoms with Gasteiger partial charge in [0.2, 0.25) is 5.91 Å². The van der Waals surface area contributed by atoms with Crippen LogP contribution in [0.15, 0.2) is 17.5 Å². The van der Waals surface area contributed by atoms with Crippen LogP contribution in [0.25, 0.3) is 0 Å². The molecule has 0 aliphatic heterocycles. The minimum absolute atomic E-state index is 0.131. The van der Waals surface area contributed by atoms with Crippen LogP contribution in [0.4, 0.5) is 5.13 Å². The van der Waals surface area contributed by atoms with E-state index in [1.165, 1.54) is 12.8 Å². The first kappa shape index (κ1) is 11.0. The van der Waals surface area contributed by atoms with Crippen LogP contribution in [0.5, 0.6) is 0 Å². The zero-order chi connectivity index (χ0) is 11.7. The Balaban J connectivity index is 1.60. The number of hydrogen-bond donors (Lipinski definition) is 1. The molecule has 1 saturated carbocycles. The number of amides is 1. The van der Waals surface area contributed by atoms with Crippen LogP contribution in [0.1, 0.15) is 43.7 Å². The summed E-state index contributed by atoms with van der Waals surface area (Å²) in [5.74, 6) is 0.925. The Kier molecular flexibility index (Phi) is 2.97. The lowest BCUT2D eigenvalue weighted by atomic mass is 9.94. The van der Waals surface area contributed by atoms with Crippen LogP contribution in [0.2, 0.25) is 0 Å². The molecule has 0 radical (unpaired) electrons. The fraction of sp³-hybridized carbons (Fsp3) is 0.538. The van der Waals surface area contributed by atoms with Crippen molar-refractivity contribution in [3.63, 3.8) is 0 Å². The van der Waals surface area contributed by atoms with Crippen LogP contribution in [0, 0.1) is 5.92 Å². The topological polar surface area (TPSA) is 42.0 Å². The third kappa shape index (κ3) is 2.57. The van der Waals surface area contributed by atoms with Crippen molar-refractivity contribution in [3.05, 3.63) is 23.2 Å². The van der Waals surface area contributed by atoms with Crippen molar-refractivity contribution in [2.24, 2.45) is 5.92 Å². The molecule has 2 aliphatic rings. The molecule has 1 unspecified atom stereocenters. The van der Waals surface area contributed by atoms with Gasteiger partial charge in [0, 0.05) is 17.2 Å². The summed E-state index contributed by atoms with van der Waals surface area (Å²) >= 11 is 1.55. The number of rotatable bonds is 3. The van der Waals surface area contributed by atoms with Gasteiger partial charge in [0.25, 0.3) is 0 Å². The van der Waals surface area contributed by atoms with Crippen LogP contribution >= 0.6 is 11.3 Å². The summed E-state index contributed by atoms with van der Waals surface area (Å²) in [7, 11) is 0. The van der Waals surface area contributed by atoms with Gasteiger partial charge in [-0.15, -0.1) is 11.3 Å². The van der Waals surface area contributed by atoms with Gasteiger partial charge in [0.15, 0.2) is 5.13 Å². The highest BCUT2D eigenvalue weighted by Crippen LogP contribution is 2.40. The maximum absolute atomic E-state index is 12.0. The van der Waals surface area contributed by atoms with Crippen molar-refractivity contribution in [3.8, 4) is 0 Å². The Labute approximate surface area is 105 Å². The molecule has 0 saturated heterocycles. The van der Waals surface area contributed by atoms with Crippen LogP contribution in [-0.2, 0) is 4.79 Å². The molecule has 3 rings (SSSR count). The van der Waals surface area contributed by atoms with E-state index < -0.39 is 0 Å². The quantitative estimate of drug-likeness (QED) is 0.834. The van der Waals surface area contributed by atoms with E-state index in [4.69, 9.17) is 0 Å². The second kappa shape index (κ2) is 4.61. The van der Waals surface area contributed by atoms with Crippen molar-refractivity contribution >= 4 is 22.4 Å². The summed E-state index contributed by atoms with van der Waals surface area (Å²) in [6, 6.07) is 0. The van der Waals surface area contributed by atoms with Gasteiger partial charge in [-0.1, -0.05) is 12.2 Å². The molecule has 3 nitrogen and oxygen atoms in total. The summed E-state index contributed by atoms with van der Waals surface area (Å²) in [5, 5.41) is 5.80.